The van der Waals surface area contributed by atoms with Gasteiger partial charge in [-0.15, -0.1) is 0 Å². The van der Waals surface area contributed by atoms with E-state index >= 15 is 0 Å². The Morgan fingerprint density at radius 3 is 2.53 bits per heavy atom. The second-order valence-corrected chi connectivity index (χ2v) is 4.10. The Kier molecular flexibility index (Phi) is 5.24. The summed E-state index contributed by atoms with van der Waals surface area (Å²) < 4.78 is 4.92. The van der Waals surface area contributed by atoms with E-state index in [0.29, 0.717) is 11.9 Å². The van der Waals surface area contributed by atoms with Gasteiger partial charge in [0.15, 0.2) is 0 Å². The highest BCUT2D eigenvalue weighted by Gasteiger charge is 2.18. The third kappa shape index (κ3) is 3.61. The summed E-state index contributed by atoms with van der Waals surface area (Å²) in [6.45, 7) is 0.339. The number of alkyl halides is 1. The molecular weight excluding hydrogens is 290 g/mol. The van der Waals surface area contributed by atoms with Gasteiger partial charge < -0.3 is 20.3 Å². The molecule has 1 rings (SSSR count). The molecule has 0 spiro atoms. The molecule has 6 heteroatoms. The molecular formula is C11H14BrNO4. The zero-order valence-corrected chi connectivity index (χ0v) is 10.9. The van der Waals surface area contributed by atoms with Crippen LogP contribution in [0.3, 0.4) is 0 Å². The lowest BCUT2D eigenvalue weighted by Gasteiger charge is -2.16. The SMILES string of the molecule is COCC(CBr)NC(=O)c1c(O)cccc1O. The average Bonchev–Trinajstić information content (AvgIpc) is 2.28. The molecule has 5 nitrogen and oxygen atoms in total. The number of nitrogens with one attached hydrogen (secondary N) is 1. The van der Waals surface area contributed by atoms with Gasteiger partial charge in [-0.1, -0.05) is 22.0 Å². The molecule has 0 saturated carbocycles. The van der Waals surface area contributed by atoms with Crippen LogP contribution in [0.1, 0.15) is 10.4 Å². The van der Waals surface area contributed by atoms with Crippen LogP contribution >= 0.6 is 15.9 Å². The number of phenols is 2. The van der Waals surface area contributed by atoms with Gasteiger partial charge >= 0.3 is 0 Å². The molecule has 0 fully saturated rings. The number of rotatable bonds is 5. The molecule has 0 saturated heterocycles. The first-order chi connectivity index (χ1) is 8.10. The van der Waals surface area contributed by atoms with Gasteiger partial charge in [0.2, 0.25) is 0 Å². The van der Waals surface area contributed by atoms with Gasteiger partial charge in [0.05, 0.1) is 12.6 Å². The van der Waals surface area contributed by atoms with Gasteiger partial charge in [-0.2, -0.15) is 0 Å². The maximum absolute atomic E-state index is 11.8. The highest BCUT2D eigenvalue weighted by molar-refractivity contribution is 9.09. The first-order valence-corrected chi connectivity index (χ1v) is 6.09. The average molecular weight is 304 g/mol. The lowest BCUT2D eigenvalue weighted by atomic mass is 10.1. The Balaban J connectivity index is 2.82. The fourth-order valence-electron chi connectivity index (χ4n) is 1.34. The molecule has 1 atom stereocenters. The summed E-state index contributed by atoms with van der Waals surface area (Å²) in [6, 6.07) is 3.91. The molecule has 0 aliphatic heterocycles. The highest BCUT2D eigenvalue weighted by Crippen LogP contribution is 2.25. The Bertz CT molecular complexity index is 377. The van der Waals surface area contributed by atoms with Crippen LogP contribution < -0.4 is 5.32 Å². The summed E-state index contributed by atoms with van der Waals surface area (Å²) in [4.78, 5) is 11.8. The molecule has 1 aromatic carbocycles. The van der Waals surface area contributed by atoms with Gasteiger partial charge in [-0.05, 0) is 12.1 Å². The van der Waals surface area contributed by atoms with Crippen molar-refractivity contribution in [3.8, 4) is 11.5 Å². The fraction of sp³-hybridized carbons (Fsp3) is 0.364. The summed E-state index contributed by atoms with van der Waals surface area (Å²) in [5.41, 5.74) is -0.130. The largest absolute Gasteiger partial charge is 0.507 e. The minimum Gasteiger partial charge on any atom is -0.507 e. The first-order valence-electron chi connectivity index (χ1n) is 4.96. The minimum atomic E-state index is -0.540. The maximum atomic E-state index is 11.8. The third-order valence-electron chi connectivity index (χ3n) is 2.14. The van der Waals surface area contributed by atoms with Crippen LogP contribution in [0.5, 0.6) is 11.5 Å². The quantitative estimate of drug-likeness (QED) is 0.715. The van der Waals surface area contributed by atoms with E-state index in [2.05, 4.69) is 21.2 Å². The second kappa shape index (κ2) is 6.46. The summed E-state index contributed by atoms with van der Waals surface area (Å²) >= 11 is 3.24. The number of amides is 1. The maximum Gasteiger partial charge on any atom is 0.259 e. The van der Waals surface area contributed by atoms with Crippen LogP contribution in [0.15, 0.2) is 18.2 Å². The Hall–Kier alpha value is -1.27. The molecule has 1 amide bonds. The fourth-order valence-corrected chi connectivity index (χ4v) is 1.69. The number of hydrogen-bond acceptors (Lipinski definition) is 4. The Morgan fingerprint density at radius 2 is 2.06 bits per heavy atom. The number of carbonyl (C=O) groups excluding carboxylic acids is 1. The smallest absolute Gasteiger partial charge is 0.259 e. The van der Waals surface area contributed by atoms with E-state index in [0.717, 1.165) is 0 Å². The number of halogens is 1. The van der Waals surface area contributed by atoms with Crippen molar-refractivity contribution in [2.45, 2.75) is 6.04 Å². The van der Waals surface area contributed by atoms with Gasteiger partial charge in [0, 0.05) is 12.4 Å². The monoisotopic (exact) mass is 303 g/mol. The van der Waals surface area contributed by atoms with E-state index in [1.807, 2.05) is 0 Å². The van der Waals surface area contributed by atoms with Crippen molar-refractivity contribution < 1.29 is 19.7 Å². The zero-order valence-electron chi connectivity index (χ0n) is 9.31. The van der Waals surface area contributed by atoms with E-state index in [1.165, 1.54) is 25.3 Å². The molecule has 0 aliphatic carbocycles. The van der Waals surface area contributed by atoms with E-state index in [9.17, 15) is 15.0 Å². The molecule has 0 radical (unpaired) electrons. The molecule has 1 unspecified atom stereocenters. The van der Waals surface area contributed by atoms with Crippen LogP contribution in [0.25, 0.3) is 0 Å². The first kappa shape index (κ1) is 13.8. The molecule has 0 heterocycles. The molecule has 1 aromatic rings. The predicted molar refractivity (Wildman–Crippen MR) is 66.7 cm³/mol. The van der Waals surface area contributed by atoms with Gasteiger partial charge in [0.25, 0.3) is 5.91 Å². The summed E-state index contributed by atoms with van der Waals surface area (Å²) in [7, 11) is 1.53. The van der Waals surface area contributed by atoms with E-state index < -0.39 is 5.91 Å². The van der Waals surface area contributed by atoms with Crippen molar-refractivity contribution in [3.63, 3.8) is 0 Å². The number of phenolic OH excluding ortho intramolecular Hbond substituents is 2. The zero-order chi connectivity index (χ0) is 12.8. The minimum absolute atomic E-state index is 0.130. The topological polar surface area (TPSA) is 78.8 Å². The third-order valence-corrected chi connectivity index (χ3v) is 2.92. The van der Waals surface area contributed by atoms with Crippen LogP contribution in [0, 0.1) is 0 Å². The van der Waals surface area contributed by atoms with Crippen LogP contribution in [-0.2, 0) is 4.74 Å². The number of methoxy groups -OCH3 is 1. The summed E-state index contributed by atoms with van der Waals surface area (Å²) in [6.07, 6.45) is 0. The lowest BCUT2D eigenvalue weighted by Crippen LogP contribution is -2.39. The molecule has 0 aromatic heterocycles. The molecule has 94 valence electrons. The van der Waals surface area contributed by atoms with Crippen LogP contribution in [0.2, 0.25) is 0 Å². The normalized spacial score (nSPS) is 12.1. The van der Waals surface area contributed by atoms with Crippen molar-refractivity contribution in [1.82, 2.24) is 5.32 Å². The lowest BCUT2D eigenvalue weighted by molar-refractivity contribution is 0.0902. The predicted octanol–water partition coefficient (Wildman–Crippen LogP) is 1.24. The Morgan fingerprint density at radius 1 is 1.47 bits per heavy atom. The van der Waals surface area contributed by atoms with Crippen molar-refractivity contribution in [1.29, 1.82) is 0 Å². The standard InChI is InChI=1S/C11H14BrNO4/c1-17-6-7(5-12)13-11(16)10-8(14)3-2-4-9(10)15/h2-4,7,14-15H,5-6H2,1H3,(H,13,16). The molecule has 17 heavy (non-hydrogen) atoms. The number of benzene rings is 1. The Labute approximate surface area is 108 Å². The summed E-state index contributed by atoms with van der Waals surface area (Å²) in [5, 5.41) is 22.2. The van der Waals surface area contributed by atoms with E-state index in [1.54, 1.807) is 0 Å². The van der Waals surface area contributed by atoms with Gasteiger partial charge in [0.1, 0.15) is 17.1 Å². The number of ether oxygens (including phenoxy) is 1. The van der Waals surface area contributed by atoms with Crippen molar-refractivity contribution in [3.05, 3.63) is 23.8 Å². The van der Waals surface area contributed by atoms with Crippen LogP contribution in [0.4, 0.5) is 0 Å². The van der Waals surface area contributed by atoms with Crippen molar-refractivity contribution in [2.24, 2.45) is 0 Å². The van der Waals surface area contributed by atoms with Crippen LogP contribution in [-0.4, -0.2) is 41.2 Å². The molecule has 0 aliphatic rings. The molecule has 3 N–H and O–H groups in total. The van der Waals surface area contributed by atoms with Gasteiger partial charge in [-0.25, -0.2) is 0 Å². The number of carbonyl (C=O) groups is 1. The number of hydrogen-bond donors (Lipinski definition) is 3. The molecule has 0 bridgehead atoms. The highest BCUT2D eigenvalue weighted by atomic mass is 79.9. The van der Waals surface area contributed by atoms with E-state index in [-0.39, 0.29) is 23.1 Å². The summed E-state index contributed by atoms with van der Waals surface area (Å²) in [5.74, 6) is -1.05. The van der Waals surface area contributed by atoms with E-state index in [4.69, 9.17) is 4.74 Å². The second-order valence-electron chi connectivity index (χ2n) is 3.45. The van der Waals surface area contributed by atoms with Crippen molar-refractivity contribution >= 4 is 21.8 Å². The number of aromatic hydroxyl groups is 2. The van der Waals surface area contributed by atoms with Crippen molar-refractivity contribution in [2.75, 3.05) is 19.0 Å². The van der Waals surface area contributed by atoms with Gasteiger partial charge in [-0.3, -0.25) is 4.79 Å².